The molecule has 2 N–H and O–H groups in total. The number of primary amides is 1. The van der Waals surface area contributed by atoms with Gasteiger partial charge in [-0.25, -0.2) is 4.79 Å². The third-order valence-corrected chi connectivity index (χ3v) is 3.05. The van der Waals surface area contributed by atoms with Crippen LogP contribution in [0.4, 0.5) is 0 Å². The summed E-state index contributed by atoms with van der Waals surface area (Å²) in [5.74, 6) is -0.716. The monoisotopic (exact) mass is 289 g/mol. The van der Waals surface area contributed by atoms with Crippen molar-refractivity contribution in [1.82, 2.24) is 0 Å². The highest BCUT2D eigenvalue weighted by Gasteiger charge is 2.19. The van der Waals surface area contributed by atoms with Gasteiger partial charge in [-0.3, -0.25) is 9.59 Å². The molecule has 0 aliphatic rings. The summed E-state index contributed by atoms with van der Waals surface area (Å²) in [5, 5.41) is 0.651. The van der Waals surface area contributed by atoms with Crippen molar-refractivity contribution in [1.29, 1.82) is 0 Å². The van der Waals surface area contributed by atoms with Gasteiger partial charge in [0.05, 0.1) is 0 Å². The van der Waals surface area contributed by atoms with Gasteiger partial charge < -0.3 is 14.9 Å². The predicted molar refractivity (Wildman–Crippen MR) is 76.5 cm³/mol. The number of fused-ring (bicyclic) bond motifs is 1. The minimum absolute atomic E-state index is 0.164. The second-order valence-corrected chi connectivity index (χ2v) is 4.60. The van der Waals surface area contributed by atoms with Crippen molar-refractivity contribution in [2.24, 2.45) is 5.73 Å². The molecule has 2 rings (SSSR count). The molecule has 1 aromatic heterocycles. The quantitative estimate of drug-likeness (QED) is 0.665. The Morgan fingerprint density at radius 1 is 1.33 bits per heavy atom. The van der Waals surface area contributed by atoms with Crippen LogP contribution >= 0.6 is 0 Å². The van der Waals surface area contributed by atoms with Crippen LogP contribution in [0.25, 0.3) is 11.0 Å². The van der Waals surface area contributed by atoms with Crippen LogP contribution in [-0.4, -0.2) is 18.3 Å². The molecule has 21 heavy (non-hydrogen) atoms. The average molecular weight is 289 g/mol. The van der Waals surface area contributed by atoms with E-state index in [0.29, 0.717) is 10.9 Å². The van der Waals surface area contributed by atoms with Crippen molar-refractivity contribution >= 4 is 22.7 Å². The number of benzene rings is 1. The van der Waals surface area contributed by atoms with Crippen LogP contribution in [0.2, 0.25) is 0 Å². The number of rotatable bonds is 5. The van der Waals surface area contributed by atoms with Crippen molar-refractivity contribution in [2.75, 3.05) is 6.61 Å². The van der Waals surface area contributed by atoms with E-state index in [4.69, 9.17) is 14.9 Å². The Balaban J connectivity index is 2.72. The second-order valence-electron chi connectivity index (χ2n) is 4.60. The molecule has 0 bridgehead atoms. The molecule has 0 atom stereocenters. The van der Waals surface area contributed by atoms with Crippen LogP contribution in [0.1, 0.15) is 29.3 Å². The van der Waals surface area contributed by atoms with E-state index in [1.807, 2.05) is 0 Å². The van der Waals surface area contributed by atoms with Crippen LogP contribution in [0.15, 0.2) is 27.4 Å². The fourth-order valence-corrected chi connectivity index (χ4v) is 2.08. The molecule has 6 nitrogen and oxygen atoms in total. The highest BCUT2D eigenvalue weighted by Crippen LogP contribution is 2.30. The number of ether oxygens (including phenoxy) is 1. The number of nitrogens with two attached hydrogens (primary N) is 1. The van der Waals surface area contributed by atoms with E-state index in [9.17, 15) is 14.4 Å². The zero-order valence-electron chi connectivity index (χ0n) is 11.8. The van der Waals surface area contributed by atoms with Crippen LogP contribution in [0, 0.1) is 6.92 Å². The largest absolute Gasteiger partial charge is 0.483 e. The molecular formula is C15H15NO5. The van der Waals surface area contributed by atoms with Crippen molar-refractivity contribution in [3.8, 4) is 5.75 Å². The van der Waals surface area contributed by atoms with E-state index in [0.717, 1.165) is 0 Å². The molecule has 0 aliphatic heterocycles. The summed E-state index contributed by atoms with van der Waals surface area (Å²) in [6, 6.07) is 4.60. The molecule has 110 valence electrons. The van der Waals surface area contributed by atoms with Crippen LogP contribution in [0.5, 0.6) is 5.75 Å². The van der Waals surface area contributed by atoms with Crippen LogP contribution in [0.3, 0.4) is 0 Å². The Bertz CT molecular complexity index is 775. The summed E-state index contributed by atoms with van der Waals surface area (Å²) in [6.07, 6.45) is 0.212. The summed E-state index contributed by atoms with van der Waals surface area (Å²) in [4.78, 5) is 34.5. The lowest BCUT2D eigenvalue weighted by Gasteiger charge is -2.11. The second kappa shape index (κ2) is 5.78. The first-order chi connectivity index (χ1) is 9.93. The van der Waals surface area contributed by atoms with Gasteiger partial charge in [-0.05, 0) is 24.6 Å². The van der Waals surface area contributed by atoms with E-state index < -0.39 is 11.5 Å². The first-order valence-corrected chi connectivity index (χ1v) is 6.45. The molecule has 0 radical (unpaired) electrons. The number of aryl methyl sites for hydroxylation is 1. The lowest BCUT2D eigenvalue weighted by molar-refractivity contribution is -0.119. The number of carbonyl (C=O) groups is 2. The number of hydrogen-bond donors (Lipinski definition) is 1. The molecule has 0 unspecified atom stereocenters. The molecule has 0 saturated heterocycles. The van der Waals surface area contributed by atoms with Crippen LogP contribution in [-0.2, 0) is 4.79 Å². The average Bonchev–Trinajstić information content (AvgIpc) is 2.43. The summed E-state index contributed by atoms with van der Waals surface area (Å²) in [5.41, 5.74) is 5.53. The molecular weight excluding hydrogens is 274 g/mol. The highest BCUT2D eigenvalue weighted by molar-refractivity contribution is 6.08. The lowest BCUT2D eigenvalue weighted by atomic mass is 10.0. The fraction of sp³-hybridized carbons (Fsp3) is 0.267. The van der Waals surface area contributed by atoms with Crippen LogP contribution < -0.4 is 16.1 Å². The minimum atomic E-state index is -0.657. The van der Waals surface area contributed by atoms with Crippen molar-refractivity contribution < 1.29 is 18.7 Å². The molecule has 0 spiro atoms. The molecule has 0 fully saturated rings. The van der Waals surface area contributed by atoms with Gasteiger partial charge in [-0.2, -0.15) is 0 Å². The number of Topliss-reactive ketones (excluding diaryl/α,β-unsaturated/α-hetero) is 1. The fourth-order valence-electron chi connectivity index (χ4n) is 2.08. The maximum atomic E-state index is 12.2. The van der Waals surface area contributed by atoms with Gasteiger partial charge >= 0.3 is 5.63 Å². The van der Waals surface area contributed by atoms with Gasteiger partial charge in [-0.1, -0.05) is 6.92 Å². The van der Waals surface area contributed by atoms with Gasteiger partial charge in [0.15, 0.2) is 18.0 Å². The lowest BCUT2D eigenvalue weighted by Crippen LogP contribution is -2.21. The maximum Gasteiger partial charge on any atom is 0.336 e. The zero-order chi connectivity index (χ0) is 15.6. The topological polar surface area (TPSA) is 99.6 Å². The molecule has 1 heterocycles. The molecule has 1 aromatic carbocycles. The van der Waals surface area contributed by atoms with Crippen molar-refractivity contribution in [3.05, 3.63) is 39.7 Å². The van der Waals surface area contributed by atoms with Gasteiger partial charge in [0.2, 0.25) is 0 Å². The molecule has 1 amide bonds. The first-order valence-electron chi connectivity index (χ1n) is 6.45. The molecule has 6 heteroatoms. The van der Waals surface area contributed by atoms with E-state index in [1.165, 1.54) is 6.07 Å². The van der Waals surface area contributed by atoms with E-state index in [-0.39, 0.29) is 35.7 Å². The normalized spacial score (nSPS) is 10.6. The number of ketones is 1. The summed E-state index contributed by atoms with van der Waals surface area (Å²) >= 11 is 0. The van der Waals surface area contributed by atoms with Crippen molar-refractivity contribution in [3.63, 3.8) is 0 Å². The third kappa shape index (κ3) is 2.94. The smallest absolute Gasteiger partial charge is 0.336 e. The Morgan fingerprint density at radius 2 is 2.05 bits per heavy atom. The SMILES string of the molecule is CCC(=O)c1c(OCC(N)=O)ccc2c(C)cc(=O)oc12. The predicted octanol–water partition coefficient (Wildman–Crippen LogP) is 1.56. The number of hydrogen-bond acceptors (Lipinski definition) is 5. The Labute approximate surface area is 120 Å². The zero-order valence-corrected chi connectivity index (χ0v) is 11.8. The van der Waals surface area contributed by atoms with Gasteiger partial charge in [0.1, 0.15) is 11.3 Å². The highest BCUT2D eigenvalue weighted by atomic mass is 16.5. The Hall–Kier alpha value is -2.63. The van der Waals surface area contributed by atoms with E-state index in [1.54, 1.807) is 26.0 Å². The minimum Gasteiger partial charge on any atom is -0.483 e. The summed E-state index contributed by atoms with van der Waals surface area (Å²) in [6.45, 7) is 3.09. The standard InChI is InChI=1S/C15H15NO5/c1-3-10(17)14-11(20-7-12(16)18)5-4-9-8(2)6-13(19)21-15(9)14/h4-6H,3,7H2,1-2H3,(H2,16,18). The van der Waals surface area contributed by atoms with E-state index >= 15 is 0 Å². The summed E-state index contributed by atoms with van der Waals surface area (Å²) in [7, 11) is 0. The van der Waals surface area contributed by atoms with Crippen molar-refractivity contribution in [2.45, 2.75) is 20.3 Å². The van der Waals surface area contributed by atoms with Gasteiger partial charge in [-0.15, -0.1) is 0 Å². The summed E-state index contributed by atoms with van der Waals surface area (Å²) < 4.78 is 10.4. The van der Waals surface area contributed by atoms with Gasteiger partial charge in [0, 0.05) is 17.9 Å². The molecule has 2 aromatic rings. The molecule has 0 aliphatic carbocycles. The number of amides is 1. The molecule has 0 saturated carbocycles. The third-order valence-electron chi connectivity index (χ3n) is 3.05. The van der Waals surface area contributed by atoms with Gasteiger partial charge in [0.25, 0.3) is 5.91 Å². The Kier molecular flexibility index (Phi) is 4.07. The van der Waals surface area contributed by atoms with E-state index in [2.05, 4.69) is 0 Å². The Morgan fingerprint density at radius 3 is 2.67 bits per heavy atom. The number of carbonyl (C=O) groups excluding carboxylic acids is 2. The first kappa shape index (κ1) is 14.8. The maximum absolute atomic E-state index is 12.2.